The first-order chi connectivity index (χ1) is 9.29. The number of nitrogens with zero attached hydrogens (tertiary/aromatic N) is 4. The second-order valence-electron chi connectivity index (χ2n) is 4.38. The Hall–Kier alpha value is -2.67. The topological polar surface area (TPSA) is 54.5 Å². The van der Waals surface area contributed by atoms with Gasteiger partial charge in [0, 0.05) is 6.20 Å². The van der Waals surface area contributed by atoms with Gasteiger partial charge in [-0.2, -0.15) is 5.26 Å². The number of para-hydroxylation sites is 2. The quantitative estimate of drug-likeness (QED) is 0.700. The van der Waals surface area contributed by atoms with E-state index in [1.54, 1.807) is 0 Å². The van der Waals surface area contributed by atoms with Crippen LogP contribution < -0.4 is 0 Å². The lowest BCUT2D eigenvalue weighted by Crippen LogP contribution is -2.02. The molecule has 0 aliphatic carbocycles. The van der Waals surface area contributed by atoms with Gasteiger partial charge in [0.1, 0.15) is 11.6 Å². The van der Waals surface area contributed by atoms with Crippen molar-refractivity contribution in [2.75, 3.05) is 0 Å². The van der Waals surface area contributed by atoms with E-state index in [-0.39, 0.29) is 6.42 Å². The molecule has 0 amide bonds. The summed E-state index contributed by atoms with van der Waals surface area (Å²) >= 11 is 0. The Bertz CT molecular complexity index is 763. The van der Waals surface area contributed by atoms with Crippen LogP contribution in [0.4, 0.5) is 0 Å². The van der Waals surface area contributed by atoms with Gasteiger partial charge in [-0.15, -0.1) is 0 Å². The van der Waals surface area contributed by atoms with Crippen LogP contribution >= 0.6 is 0 Å². The summed E-state index contributed by atoms with van der Waals surface area (Å²) < 4.78 is 1.94. The Labute approximate surface area is 111 Å². The zero-order chi connectivity index (χ0) is 13.2. The highest BCUT2D eigenvalue weighted by Gasteiger charge is 2.12. The SMILES string of the molecule is Cc1ccc(-n2c(CC#N)nc3ccccc32)nc1. The van der Waals surface area contributed by atoms with E-state index in [4.69, 9.17) is 5.26 Å². The number of hydrogen-bond donors (Lipinski definition) is 0. The number of hydrogen-bond acceptors (Lipinski definition) is 3. The molecule has 3 rings (SSSR count). The van der Waals surface area contributed by atoms with Crippen molar-refractivity contribution in [3.63, 3.8) is 0 Å². The predicted molar refractivity (Wildman–Crippen MR) is 72.9 cm³/mol. The third-order valence-corrected chi connectivity index (χ3v) is 2.99. The Morgan fingerprint density at radius 2 is 2.05 bits per heavy atom. The first-order valence-corrected chi connectivity index (χ1v) is 6.06. The molecule has 0 aliphatic rings. The first kappa shape index (κ1) is 11.4. The van der Waals surface area contributed by atoms with Crippen LogP contribution in [-0.2, 0) is 6.42 Å². The number of aryl methyl sites for hydroxylation is 1. The summed E-state index contributed by atoms with van der Waals surface area (Å²) in [5.74, 6) is 1.52. The van der Waals surface area contributed by atoms with Gasteiger partial charge in [0.2, 0.25) is 0 Å². The Morgan fingerprint density at radius 1 is 1.21 bits per heavy atom. The molecular formula is C15H12N4. The monoisotopic (exact) mass is 248 g/mol. The third-order valence-electron chi connectivity index (χ3n) is 2.99. The standard InChI is InChI=1S/C15H12N4/c1-11-6-7-14(17-10-11)19-13-5-3-2-4-12(13)18-15(19)8-9-16/h2-7,10H,8H2,1H3. The number of aromatic nitrogens is 3. The molecule has 0 unspecified atom stereocenters. The molecular weight excluding hydrogens is 236 g/mol. The van der Waals surface area contributed by atoms with E-state index >= 15 is 0 Å². The highest BCUT2D eigenvalue weighted by molar-refractivity contribution is 5.77. The molecule has 1 aromatic carbocycles. The fourth-order valence-corrected chi connectivity index (χ4v) is 2.11. The van der Waals surface area contributed by atoms with E-state index in [2.05, 4.69) is 16.0 Å². The molecule has 0 saturated carbocycles. The summed E-state index contributed by atoms with van der Waals surface area (Å²) in [7, 11) is 0. The number of benzene rings is 1. The third kappa shape index (κ3) is 1.95. The Kier molecular flexibility index (Phi) is 2.73. The fraction of sp³-hybridized carbons (Fsp3) is 0.133. The second-order valence-corrected chi connectivity index (χ2v) is 4.38. The number of rotatable bonds is 2. The summed E-state index contributed by atoms with van der Waals surface area (Å²) in [4.78, 5) is 8.93. The van der Waals surface area contributed by atoms with Crippen molar-refractivity contribution in [1.29, 1.82) is 5.26 Å². The average Bonchev–Trinajstić information content (AvgIpc) is 2.78. The lowest BCUT2D eigenvalue weighted by atomic mass is 10.3. The molecule has 0 radical (unpaired) electrons. The van der Waals surface area contributed by atoms with Crippen molar-refractivity contribution in [3.05, 3.63) is 54.0 Å². The molecule has 0 N–H and O–H groups in total. The lowest BCUT2D eigenvalue weighted by Gasteiger charge is -2.06. The van der Waals surface area contributed by atoms with Gasteiger partial charge in [-0.25, -0.2) is 9.97 Å². The molecule has 0 saturated heterocycles. The van der Waals surface area contributed by atoms with Crippen LogP contribution in [0, 0.1) is 18.3 Å². The van der Waals surface area contributed by atoms with Crippen LogP contribution in [0.1, 0.15) is 11.4 Å². The van der Waals surface area contributed by atoms with Gasteiger partial charge in [-0.1, -0.05) is 18.2 Å². The molecule has 3 aromatic rings. The average molecular weight is 248 g/mol. The highest BCUT2D eigenvalue weighted by atomic mass is 15.1. The second kappa shape index (κ2) is 4.54. The van der Waals surface area contributed by atoms with Crippen LogP contribution in [0.15, 0.2) is 42.6 Å². The van der Waals surface area contributed by atoms with Gasteiger partial charge in [0.25, 0.3) is 0 Å². The van der Waals surface area contributed by atoms with E-state index in [1.807, 2.05) is 54.1 Å². The van der Waals surface area contributed by atoms with Gasteiger partial charge < -0.3 is 0 Å². The molecule has 0 fully saturated rings. The fourth-order valence-electron chi connectivity index (χ4n) is 2.11. The van der Waals surface area contributed by atoms with Crippen LogP contribution in [0.5, 0.6) is 0 Å². The van der Waals surface area contributed by atoms with Gasteiger partial charge in [0.05, 0.1) is 23.5 Å². The molecule has 92 valence electrons. The Balaban J connectivity index is 2.28. The Morgan fingerprint density at radius 3 is 2.79 bits per heavy atom. The smallest absolute Gasteiger partial charge is 0.138 e. The summed E-state index contributed by atoms with van der Waals surface area (Å²) in [6.07, 6.45) is 2.09. The van der Waals surface area contributed by atoms with E-state index < -0.39 is 0 Å². The summed E-state index contributed by atoms with van der Waals surface area (Å²) in [5.41, 5.74) is 2.97. The first-order valence-electron chi connectivity index (χ1n) is 6.06. The lowest BCUT2D eigenvalue weighted by molar-refractivity contribution is 0.920. The molecule has 0 atom stereocenters. The van der Waals surface area contributed by atoms with Crippen LogP contribution in [-0.4, -0.2) is 14.5 Å². The molecule has 19 heavy (non-hydrogen) atoms. The van der Waals surface area contributed by atoms with Crippen molar-refractivity contribution >= 4 is 11.0 Å². The van der Waals surface area contributed by atoms with E-state index in [0.717, 1.165) is 28.2 Å². The molecule has 0 bridgehead atoms. The minimum atomic E-state index is 0.268. The number of pyridine rings is 1. The summed E-state index contributed by atoms with van der Waals surface area (Å²) in [6.45, 7) is 2.00. The van der Waals surface area contributed by atoms with Gasteiger partial charge in [-0.3, -0.25) is 4.57 Å². The van der Waals surface area contributed by atoms with Crippen LogP contribution in [0.3, 0.4) is 0 Å². The van der Waals surface area contributed by atoms with Crippen molar-refractivity contribution in [3.8, 4) is 11.9 Å². The largest absolute Gasteiger partial charge is 0.279 e. The zero-order valence-corrected chi connectivity index (χ0v) is 10.5. The molecule has 4 heteroatoms. The maximum absolute atomic E-state index is 8.94. The van der Waals surface area contributed by atoms with Crippen LogP contribution in [0.2, 0.25) is 0 Å². The zero-order valence-electron chi connectivity index (χ0n) is 10.5. The summed E-state index contributed by atoms with van der Waals surface area (Å²) in [6, 6.07) is 14.0. The molecule has 2 aromatic heterocycles. The van der Waals surface area contributed by atoms with Crippen molar-refractivity contribution in [2.45, 2.75) is 13.3 Å². The predicted octanol–water partition coefficient (Wildman–Crippen LogP) is 2.80. The minimum Gasteiger partial charge on any atom is -0.279 e. The maximum atomic E-state index is 8.94. The minimum absolute atomic E-state index is 0.268. The van der Waals surface area contributed by atoms with Crippen molar-refractivity contribution < 1.29 is 0 Å². The maximum Gasteiger partial charge on any atom is 0.138 e. The normalized spacial score (nSPS) is 10.5. The van der Waals surface area contributed by atoms with E-state index in [0.29, 0.717) is 0 Å². The van der Waals surface area contributed by atoms with Crippen molar-refractivity contribution in [2.24, 2.45) is 0 Å². The number of imidazole rings is 1. The summed E-state index contributed by atoms with van der Waals surface area (Å²) in [5, 5.41) is 8.94. The molecule has 2 heterocycles. The van der Waals surface area contributed by atoms with Gasteiger partial charge in [0.15, 0.2) is 0 Å². The van der Waals surface area contributed by atoms with Crippen LogP contribution in [0.25, 0.3) is 16.9 Å². The molecule has 0 aliphatic heterocycles. The van der Waals surface area contributed by atoms with E-state index in [1.165, 1.54) is 0 Å². The number of fused-ring (bicyclic) bond motifs is 1. The molecule has 0 spiro atoms. The molecule has 4 nitrogen and oxygen atoms in total. The van der Waals surface area contributed by atoms with E-state index in [9.17, 15) is 0 Å². The van der Waals surface area contributed by atoms with Crippen molar-refractivity contribution in [1.82, 2.24) is 14.5 Å². The van der Waals surface area contributed by atoms with Gasteiger partial charge in [-0.05, 0) is 30.7 Å². The number of nitriles is 1. The highest BCUT2D eigenvalue weighted by Crippen LogP contribution is 2.20. The van der Waals surface area contributed by atoms with Gasteiger partial charge >= 0.3 is 0 Å².